The first-order chi connectivity index (χ1) is 10.6. The lowest BCUT2D eigenvalue weighted by atomic mass is 10.1. The SMILES string of the molecule is CCCCC(CN)NC(=O)CN1C(=O)c2ccccc2C1=O. The number of fused-ring (bicyclic) bond motifs is 1. The van der Waals surface area contributed by atoms with Crippen LogP contribution < -0.4 is 11.1 Å². The zero-order valence-corrected chi connectivity index (χ0v) is 12.7. The third kappa shape index (κ3) is 3.33. The third-order valence-electron chi connectivity index (χ3n) is 3.74. The van der Waals surface area contributed by atoms with Crippen molar-refractivity contribution >= 4 is 17.7 Å². The standard InChI is InChI=1S/C16H21N3O3/c1-2-3-6-11(9-17)18-14(20)10-19-15(21)12-7-4-5-8-13(12)16(19)22/h4-5,7-8,11H,2-3,6,9-10,17H2,1H3,(H,18,20). The van der Waals surface area contributed by atoms with Gasteiger partial charge >= 0.3 is 0 Å². The van der Waals surface area contributed by atoms with Gasteiger partial charge in [-0.3, -0.25) is 19.3 Å². The maximum atomic E-state index is 12.2. The molecule has 22 heavy (non-hydrogen) atoms. The van der Waals surface area contributed by atoms with Crippen molar-refractivity contribution in [1.82, 2.24) is 10.2 Å². The summed E-state index contributed by atoms with van der Waals surface area (Å²) in [5, 5.41) is 2.79. The van der Waals surface area contributed by atoms with Gasteiger partial charge in [0, 0.05) is 12.6 Å². The van der Waals surface area contributed by atoms with Gasteiger partial charge in [0.15, 0.2) is 0 Å². The Bertz CT molecular complexity index is 551. The fourth-order valence-electron chi connectivity index (χ4n) is 2.50. The molecular formula is C16H21N3O3. The number of unbranched alkanes of at least 4 members (excludes halogenated alkanes) is 1. The summed E-state index contributed by atoms with van der Waals surface area (Å²) in [4.78, 5) is 37.4. The largest absolute Gasteiger partial charge is 0.351 e. The summed E-state index contributed by atoms with van der Waals surface area (Å²) in [6.45, 7) is 2.14. The molecule has 3 N–H and O–H groups in total. The van der Waals surface area contributed by atoms with Gasteiger partial charge in [-0.1, -0.05) is 31.9 Å². The van der Waals surface area contributed by atoms with Crippen LogP contribution in [0.15, 0.2) is 24.3 Å². The van der Waals surface area contributed by atoms with Crippen molar-refractivity contribution in [2.45, 2.75) is 32.2 Å². The number of nitrogens with zero attached hydrogens (tertiary/aromatic N) is 1. The molecule has 1 aromatic rings. The Labute approximate surface area is 129 Å². The van der Waals surface area contributed by atoms with E-state index in [0.29, 0.717) is 17.7 Å². The predicted octanol–water partition coefficient (Wildman–Crippen LogP) is 0.916. The Balaban J connectivity index is 1.98. The minimum Gasteiger partial charge on any atom is -0.351 e. The quantitative estimate of drug-likeness (QED) is 0.732. The highest BCUT2D eigenvalue weighted by Crippen LogP contribution is 2.21. The van der Waals surface area contributed by atoms with Gasteiger partial charge in [-0.2, -0.15) is 0 Å². The molecule has 1 unspecified atom stereocenters. The van der Waals surface area contributed by atoms with Gasteiger partial charge in [0.25, 0.3) is 11.8 Å². The zero-order chi connectivity index (χ0) is 16.1. The van der Waals surface area contributed by atoms with Crippen LogP contribution in [0.3, 0.4) is 0 Å². The predicted molar refractivity (Wildman–Crippen MR) is 82.3 cm³/mol. The number of benzene rings is 1. The third-order valence-corrected chi connectivity index (χ3v) is 3.74. The Hall–Kier alpha value is -2.21. The number of hydrogen-bond donors (Lipinski definition) is 2. The number of amides is 3. The Morgan fingerprint density at radius 3 is 2.32 bits per heavy atom. The fraction of sp³-hybridized carbons (Fsp3) is 0.438. The molecule has 0 saturated heterocycles. The van der Waals surface area contributed by atoms with Gasteiger partial charge in [-0.15, -0.1) is 0 Å². The molecule has 1 aliphatic rings. The fourth-order valence-corrected chi connectivity index (χ4v) is 2.50. The van der Waals surface area contributed by atoms with E-state index in [1.54, 1.807) is 24.3 Å². The van der Waals surface area contributed by atoms with Gasteiger partial charge in [0.05, 0.1) is 11.1 Å². The molecule has 6 heteroatoms. The van der Waals surface area contributed by atoms with Crippen molar-refractivity contribution in [3.8, 4) is 0 Å². The first kappa shape index (κ1) is 16.2. The number of imide groups is 1. The lowest BCUT2D eigenvalue weighted by molar-refractivity contribution is -0.122. The average Bonchev–Trinajstić information content (AvgIpc) is 2.77. The molecule has 6 nitrogen and oxygen atoms in total. The van der Waals surface area contributed by atoms with Crippen LogP contribution >= 0.6 is 0 Å². The Morgan fingerprint density at radius 1 is 1.23 bits per heavy atom. The lowest BCUT2D eigenvalue weighted by Gasteiger charge is -2.19. The van der Waals surface area contributed by atoms with Crippen LogP contribution in [0.25, 0.3) is 0 Å². The smallest absolute Gasteiger partial charge is 0.262 e. The second-order valence-corrected chi connectivity index (χ2v) is 5.38. The van der Waals surface area contributed by atoms with Gasteiger partial charge in [0.2, 0.25) is 5.91 Å². The molecule has 0 fully saturated rings. The first-order valence-electron chi connectivity index (χ1n) is 7.53. The van der Waals surface area contributed by atoms with Gasteiger partial charge < -0.3 is 11.1 Å². The molecule has 1 heterocycles. The summed E-state index contributed by atoms with van der Waals surface area (Å²) in [5.41, 5.74) is 6.33. The number of hydrogen-bond acceptors (Lipinski definition) is 4. The van der Waals surface area contributed by atoms with Crippen LogP contribution in [-0.2, 0) is 4.79 Å². The number of carbonyl (C=O) groups is 3. The number of carbonyl (C=O) groups excluding carboxylic acids is 3. The van der Waals surface area contributed by atoms with Crippen molar-refractivity contribution in [2.24, 2.45) is 5.73 Å². The van der Waals surface area contributed by atoms with E-state index < -0.39 is 11.8 Å². The maximum Gasteiger partial charge on any atom is 0.262 e. The molecular weight excluding hydrogens is 282 g/mol. The minimum absolute atomic E-state index is 0.123. The molecule has 1 aliphatic heterocycles. The van der Waals surface area contributed by atoms with Gasteiger partial charge in [0.1, 0.15) is 6.54 Å². The Kier molecular flexibility index (Phi) is 5.27. The van der Waals surface area contributed by atoms with Crippen LogP contribution in [0.2, 0.25) is 0 Å². The molecule has 1 atom stereocenters. The van der Waals surface area contributed by atoms with Crippen molar-refractivity contribution in [2.75, 3.05) is 13.1 Å². The number of rotatable bonds is 7. The lowest BCUT2D eigenvalue weighted by Crippen LogP contribution is -2.46. The molecule has 0 bridgehead atoms. The summed E-state index contributed by atoms with van der Waals surface area (Å²) < 4.78 is 0. The molecule has 3 amide bonds. The highest BCUT2D eigenvalue weighted by molar-refractivity contribution is 6.22. The highest BCUT2D eigenvalue weighted by atomic mass is 16.2. The van der Waals surface area contributed by atoms with E-state index in [1.807, 2.05) is 0 Å². The van der Waals surface area contributed by atoms with Crippen LogP contribution in [0, 0.1) is 0 Å². The molecule has 0 saturated carbocycles. The monoisotopic (exact) mass is 303 g/mol. The maximum absolute atomic E-state index is 12.2. The summed E-state index contributed by atoms with van der Waals surface area (Å²) in [6.07, 6.45) is 2.78. The zero-order valence-electron chi connectivity index (χ0n) is 12.7. The van der Waals surface area contributed by atoms with Gasteiger partial charge in [-0.05, 0) is 18.6 Å². The molecule has 0 spiro atoms. The van der Waals surface area contributed by atoms with E-state index in [0.717, 1.165) is 24.2 Å². The molecule has 0 radical (unpaired) electrons. The van der Waals surface area contributed by atoms with Crippen LogP contribution in [0.5, 0.6) is 0 Å². The summed E-state index contributed by atoms with van der Waals surface area (Å²) >= 11 is 0. The van der Waals surface area contributed by atoms with Crippen molar-refractivity contribution in [3.05, 3.63) is 35.4 Å². The summed E-state index contributed by atoms with van der Waals surface area (Å²) in [7, 11) is 0. The number of nitrogens with two attached hydrogens (primary N) is 1. The highest BCUT2D eigenvalue weighted by Gasteiger charge is 2.36. The molecule has 118 valence electrons. The van der Waals surface area contributed by atoms with E-state index in [-0.39, 0.29) is 18.5 Å². The Morgan fingerprint density at radius 2 is 1.82 bits per heavy atom. The summed E-state index contributed by atoms with van der Waals surface area (Å²) in [6, 6.07) is 6.46. The topological polar surface area (TPSA) is 92.5 Å². The molecule has 2 rings (SSSR count). The van der Waals surface area contributed by atoms with Crippen molar-refractivity contribution < 1.29 is 14.4 Å². The normalized spacial score (nSPS) is 14.9. The van der Waals surface area contributed by atoms with E-state index in [2.05, 4.69) is 12.2 Å². The van der Waals surface area contributed by atoms with Crippen LogP contribution in [-0.4, -0.2) is 41.8 Å². The second kappa shape index (κ2) is 7.17. The van der Waals surface area contributed by atoms with Crippen molar-refractivity contribution in [3.63, 3.8) is 0 Å². The molecule has 0 aliphatic carbocycles. The van der Waals surface area contributed by atoms with Crippen molar-refractivity contribution in [1.29, 1.82) is 0 Å². The first-order valence-corrected chi connectivity index (χ1v) is 7.53. The van der Waals surface area contributed by atoms with E-state index in [1.165, 1.54) is 0 Å². The average molecular weight is 303 g/mol. The summed E-state index contributed by atoms with van der Waals surface area (Å²) in [5.74, 6) is -1.21. The van der Waals surface area contributed by atoms with Gasteiger partial charge in [-0.25, -0.2) is 0 Å². The second-order valence-electron chi connectivity index (χ2n) is 5.38. The number of nitrogens with one attached hydrogen (secondary N) is 1. The minimum atomic E-state index is -0.423. The molecule has 0 aromatic heterocycles. The van der Waals surface area contributed by atoms with E-state index in [9.17, 15) is 14.4 Å². The molecule has 1 aromatic carbocycles. The van der Waals surface area contributed by atoms with Crippen LogP contribution in [0.1, 0.15) is 46.9 Å². The van der Waals surface area contributed by atoms with Crippen LogP contribution in [0.4, 0.5) is 0 Å². The van der Waals surface area contributed by atoms with E-state index >= 15 is 0 Å². The van der Waals surface area contributed by atoms with E-state index in [4.69, 9.17) is 5.73 Å².